The fraction of sp³-hybridized carbons (Fsp3) is 0.0667. The standard InChI is InChI=1S/C15H12N4O3/c1-9(20)17-12-4-2-10(3-5-12)13-6-14-16-7-11(15(21)22)8-19(14)18-13/h2-8H,1H3,(H,17,20)(H,21,22). The summed E-state index contributed by atoms with van der Waals surface area (Å²) in [6, 6.07) is 8.96. The summed E-state index contributed by atoms with van der Waals surface area (Å²) < 4.78 is 1.43. The molecule has 0 aliphatic rings. The van der Waals surface area contributed by atoms with Crippen LogP contribution in [0.3, 0.4) is 0 Å². The predicted molar refractivity (Wildman–Crippen MR) is 79.7 cm³/mol. The van der Waals surface area contributed by atoms with Crippen LogP contribution in [-0.2, 0) is 4.79 Å². The molecule has 110 valence electrons. The quantitative estimate of drug-likeness (QED) is 0.771. The Bertz CT molecular complexity index is 868. The van der Waals surface area contributed by atoms with E-state index in [1.807, 2.05) is 12.1 Å². The molecular weight excluding hydrogens is 284 g/mol. The van der Waals surface area contributed by atoms with E-state index in [-0.39, 0.29) is 11.5 Å². The molecule has 2 N–H and O–H groups in total. The number of anilines is 1. The second-order valence-electron chi connectivity index (χ2n) is 4.74. The third-order valence-corrected chi connectivity index (χ3v) is 3.06. The highest BCUT2D eigenvalue weighted by molar-refractivity contribution is 5.89. The van der Waals surface area contributed by atoms with Gasteiger partial charge in [0.1, 0.15) is 0 Å². The number of carbonyl (C=O) groups excluding carboxylic acids is 1. The van der Waals surface area contributed by atoms with Gasteiger partial charge < -0.3 is 10.4 Å². The van der Waals surface area contributed by atoms with E-state index in [0.29, 0.717) is 17.0 Å². The van der Waals surface area contributed by atoms with E-state index in [9.17, 15) is 9.59 Å². The van der Waals surface area contributed by atoms with Crippen LogP contribution in [0.5, 0.6) is 0 Å². The Labute approximate surface area is 125 Å². The van der Waals surface area contributed by atoms with Gasteiger partial charge in [-0.25, -0.2) is 14.3 Å². The normalized spacial score (nSPS) is 10.6. The fourth-order valence-corrected chi connectivity index (χ4v) is 2.06. The Morgan fingerprint density at radius 1 is 1.23 bits per heavy atom. The summed E-state index contributed by atoms with van der Waals surface area (Å²) in [6.45, 7) is 1.45. The van der Waals surface area contributed by atoms with E-state index in [1.54, 1.807) is 18.2 Å². The van der Waals surface area contributed by atoms with Crippen LogP contribution in [0.1, 0.15) is 17.3 Å². The molecule has 0 bridgehead atoms. The zero-order valence-electron chi connectivity index (χ0n) is 11.6. The van der Waals surface area contributed by atoms with Gasteiger partial charge in [0.15, 0.2) is 5.65 Å². The molecule has 7 nitrogen and oxygen atoms in total. The van der Waals surface area contributed by atoms with Crippen LogP contribution in [0.25, 0.3) is 16.9 Å². The third kappa shape index (κ3) is 2.64. The van der Waals surface area contributed by atoms with Crippen LogP contribution in [0.2, 0.25) is 0 Å². The minimum atomic E-state index is -1.05. The van der Waals surface area contributed by atoms with Crippen molar-refractivity contribution < 1.29 is 14.7 Å². The van der Waals surface area contributed by atoms with E-state index < -0.39 is 5.97 Å². The van der Waals surface area contributed by atoms with E-state index in [2.05, 4.69) is 15.4 Å². The molecule has 1 aromatic carbocycles. The Hall–Kier alpha value is -3.22. The van der Waals surface area contributed by atoms with Gasteiger partial charge in [-0.05, 0) is 12.1 Å². The van der Waals surface area contributed by atoms with Crippen molar-refractivity contribution in [2.45, 2.75) is 6.92 Å². The molecule has 0 spiro atoms. The van der Waals surface area contributed by atoms with E-state index in [4.69, 9.17) is 5.11 Å². The largest absolute Gasteiger partial charge is 0.478 e. The van der Waals surface area contributed by atoms with Crippen molar-refractivity contribution in [3.63, 3.8) is 0 Å². The summed E-state index contributed by atoms with van der Waals surface area (Å²) in [6.07, 6.45) is 2.71. The van der Waals surface area contributed by atoms with E-state index in [1.165, 1.54) is 23.8 Å². The first-order valence-electron chi connectivity index (χ1n) is 6.50. The minimum absolute atomic E-state index is 0.0724. The number of fused-ring (bicyclic) bond motifs is 1. The zero-order chi connectivity index (χ0) is 15.7. The van der Waals surface area contributed by atoms with Crippen LogP contribution in [0.15, 0.2) is 42.7 Å². The number of nitrogens with one attached hydrogen (secondary N) is 1. The third-order valence-electron chi connectivity index (χ3n) is 3.06. The fourth-order valence-electron chi connectivity index (χ4n) is 2.06. The van der Waals surface area contributed by atoms with Crippen molar-refractivity contribution in [1.29, 1.82) is 0 Å². The maximum atomic E-state index is 11.0. The van der Waals surface area contributed by atoms with E-state index in [0.717, 1.165) is 5.56 Å². The van der Waals surface area contributed by atoms with Gasteiger partial charge in [-0.15, -0.1) is 0 Å². The second-order valence-corrected chi connectivity index (χ2v) is 4.74. The average Bonchev–Trinajstić information content (AvgIpc) is 2.90. The smallest absolute Gasteiger partial charge is 0.338 e. The Kier molecular flexibility index (Phi) is 3.30. The van der Waals surface area contributed by atoms with Crippen molar-refractivity contribution >= 4 is 23.2 Å². The maximum absolute atomic E-state index is 11.0. The molecule has 1 amide bonds. The highest BCUT2D eigenvalue weighted by atomic mass is 16.4. The molecule has 0 aliphatic carbocycles. The lowest BCUT2D eigenvalue weighted by Gasteiger charge is -2.02. The Balaban J connectivity index is 1.95. The van der Waals surface area contributed by atoms with Crippen LogP contribution in [0, 0.1) is 0 Å². The molecular formula is C15H12N4O3. The highest BCUT2D eigenvalue weighted by Crippen LogP contribution is 2.21. The first-order valence-corrected chi connectivity index (χ1v) is 6.50. The van der Waals surface area contributed by atoms with Gasteiger partial charge in [0.2, 0.25) is 5.91 Å². The number of carboxylic acids is 1. The summed E-state index contributed by atoms with van der Waals surface area (Å²) in [5.74, 6) is -1.18. The van der Waals surface area contributed by atoms with Gasteiger partial charge in [0.25, 0.3) is 0 Å². The van der Waals surface area contributed by atoms with Crippen molar-refractivity contribution in [1.82, 2.24) is 14.6 Å². The summed E-state index contributed by atoms with van der Waals surface area (Å²) in [5, 5.41) is 16.0. The van der Waals surface area contributed by atoms with Gasteiger partial charge in [-0.1, -0.05) is 12.1 Å². The molecule has 7 heteroatoms. The van der Waals surface area contributed by atoms with Crippen molar-refractivity contribution in [2.24, 2.45) is 0 Å². The zero-order valence-corrected chi connectivity index (χ0v) is 11.6. The van der Waals surface area contributed by atoms with Crippen LogP contribution in [0.4, 0.5) is 5.69 Å². The van der Waals surface area contributed by atoms with Crippen LogP contribution >= 0.6 is 0 Å². The molecule has 0 unspecified atom stereocenters. The number of amides is 1. The van der Waals surface area contributed by atoms with Gasteiger partial charge in [0, 0.05) is 36.6 Å². The number of rotatable bonds is 3. The first kappa shape index (κ1) is 13.7. The molecule has 0 saturated carbocycles. The molecule has 2 aromatic heterocycles. The molecule has 22 heavy (non-hydrogen) atoms. The Morgan fingerprint density at radius 2 is 1.95 bits per heavy atom. The topological polar surface area (TPSA) is 96.6 Å². The molecule has 0 radical (unpaired) electrons. The average molecular weight is 296 g/mol. The minimum Gasteiger partial charge on any atom is -0.478 e. The summed E-state index contributed by atoms with van der Waals surface area (Å²) in [4.78, 5) is 26.0. The van der Waals surface area contributed by atoms with Gasteiger partial charge in [-0.2, -0.15) is 5.10 Å². The first-order chi connectivity index (χ1) is 10.5. The maximum Gasteiger partial charge on any atom is 0.338 e. The van der Waals surface area contributed by atoms with Crippen LogP contribution < -0.4 is 5.32 Å². The number of carbonyl (C=O) groups is 2. The van der Waals surface area contributed by atoms with E-state index >= 15 is 0 Å². The Morgan fingerprint density at radius 3 is 2.59 bits per heavy atom. The SMILES string of the molecule is CC(=O)Nc1ccc(-c2cc3ncc(C(=O)O)cn3n2)cc1. The van der Waals surface area contributed by atoms with Crippen molar-refractivity contribution in [3.05, 3.63) is 48.3 Å². The molecule has 2 heterocycles. The lowest BCUT2D eigenvalue weighted by Crippen LogP contribution is -2.05. The molecule has 0 aliphatic heterocycles. The second kappa shape index (κ2) is 5.28. The number of hydrogen-bond donors (Lipinski definition) is 2. The number of aromatic nitrogens is 3. The number of aromatic carboxylic acids is 1. The number of benzene rings is 1. The summed E-state index contributed by atoms with van der Waals surface area (Å²) in [7, 11) is 0. The van der Waals surface area contributed by atoms with Gasteiger partial charge >= 0.3 is 5.97 Å². The predicted octanol–water partition coefficient (Wildman–Crippen LogP) is 2.05. The van der Waals surface area contributed by atoms with Gasteiger partial charge in [-0.3, -0.25) is 4.79 Å². The monoisotopic (exact) mass is 296 g/mol. The van der Waals surface area contributed by atoms with Crippen molar-refractivity contribution in [3.8, 4) is 11.3 Å². The molecule has 3 aromatic rings. The van der Waals surface area contributed by atoms with Crippen molar-refractivity contribution in [2.75, 3.05) is 5.32 Å². The van der Waals surface area contributed by atoms with Gasteiger partial charge in [0.05, 0.1) is 11.3 Å². The lowest BCUT2D eigenvalue weighted by atomic mass is 10.1. The highest BCUT2D eigenvalue weighted by Gasteiger charge is 2.09. The summed E-state index contributed by atoms with van der Waals surface area (Å²) >= 11 is 0. The number of nitrogens with zero attached hydrogens (tertiary/aromatic N) is 3. The molecule has 3 rings (SSSR count). The molecule has 0 fully saturated rings. The number of carboxylic acid groups (broad SMARTS) is 1. The van der Waals surface area contributed by atoms with Crippen LogP contribution in [-0.4, -0.2) is 31.6 Å². The molecule has 0 saturated heterocycles. The molecule has 0 atom stereocenters. The summed E-state index contributed by atoms with van der Waals surface area (Å²) in [5.41, 5.74) is 2.85. The lowest BCUT2D eigenvalue weighted by molar-refractivity contribution is -0.114. The number of hydrogen-bond acceptors (Lipinski definition) is 4.